The third-order valence-electron chi connectivity index (χ3n) is 2.99. The molecule has 0 atom stereocenters. The summed E-state index contributed by atoms with van der Waals surface area (Å²) in [4.78, 5) is 9.39. The first-order valence-electron chi connectivity index (χ1n) is 6.16. The Labute approximate surface area is 124 Å². The summed E-state index contributed by atoms with van der Waals surface area (Å²) in [6, 6.07) is 10.2. The van der Waals surface area contributed by atoms with Crippen LogP contribution in [0, 0.1) is 0 Å². The number of aromatic nitrogens is 2. The van der Waals surface area contributed by atoms with E-state index in [1.54, 1.807) is 11.3 Å². The summed E-state index contributed by atoms with van der Waals surface area (Å²) in [5.41, 5.74) is 3.06. The molecule has 2 aromatic heterocycles. The van der Waals surface area contributed by atoms with Gasteiger partial charge in [-0.3, -0.25) is 0 Å². The molecule has 0 aliphatic rings. The molecule has 3 aromatic rings. The van der Waals surface area contributed by atoms with Gasteiger partial charge in [-0.1, -0.05) is 32.0 Å². The Balaban J connectivity index is 2.15. The molecule has 1 aromatic carbocycles. The molecule has 0 amide bonds. The molecule has 2 heterocycles. The van der Waals surface area contributed by atoms with Gasteiger partial charge in [0.1, 0.15) is 10.7 Å². The lowest BCUT2D eigenvalue weighted by atomic mass is 10.2. The predicted molar refractivity (Wildman–Crippen MR) is 84.6 cm³/mol. The van der Waals surface area contributed by atoms with Crippen LogP contribution < -0.4 is 0 Å². The maximum absolute atomic E-state index is 4.72. The van der Waals surface area contributed by atoms with E-state index in [4.69, 9.17) is 4.98 Å². The summed E-state index contributed by atoms with van der Waals surface area (Å²) in [5, 5.41) is 4.23. The lowest BCUT2D eigenvalue weighted by Gasteiger charge is -2.03. The number of para-hydroxylation sites is 1. The van der Waals surface area contributed by atoms with Crippen molar-refractivity contribution >= 4 is 38.2 Å². The molecule has 96 valence electrons. The van der Waals surface area contributed by atoms with E-state index >= 15 is 0 Å². The Kier molecular flexibility index (Phi) is 3.37. The first-order valence-corrected chi connectivity index (χ1v) is 7.83. The number of rotatable bonds is 2. The average Bonchev–Trinajstić information content (AvgIpc) is 2.87. The molecule has 2 nitrogen and oxygen atoms in total. The minimum absolute atomic E-state index is 0.448. The zero-order chi connectivity index (χ0) is 13.4. The first-order chi connectivity index (χ1) is 9.15. The topological polar surface area (TPSA) is 25.8 Å². The van der Waals surface area contributed by atoms with Crippen molar-refractivity contribution in [3.63, 3.8) is 0 Å². The van der Waals surface area contributed by atoms with Crippen molar-refractivity contribution < 1.29 is 0 Å². The van der Waals surface area contributed by atoms with Crippen LogP contribution in [0.5, 0.6) is 0 Å². The molecular formula is C15H13BrN2S. The lowest BCUT2D eigenvalue weighted by molar-refractivity contribution is 0.834. The smallest absolute Gasteiger partial charge is 0.143 e. The summed E-state index contributed by atoms with van der Waals surface area (Å²) in [5.74, 6) is 0.448. The Hall–Kier alpha value is -1.26. The van der Waals surface area contributed by atoms with Gasteiger partial charge in [0.05, 0.1) is 11.2 Å². The molecule has 0 aliphatic heterocycles. The highest BCUT2D eigenvalue weighted by Gasteiger charge is 2.12. The van der Waals surface area contributed by atoms with Crippen LogP contribution in [0.3, 0.4) is 0 Å². The first kappa shape index (κ1) is 12.8. The minimum atomic E-state index is 0.448. The van der Waals surface area contributed by atoms with Crippen molar-refractivity contribution in [3.8, 4) is 10.7 Å². The highest BCUT2D eigenvalue weighted by Crippen LogP contribution is 2.32. The van der Waals surface area contributed by atoms with Gasteiger partial charge in [0.2, 0.25) is 0 Å². The minimum Gasteiger partial charge on any atom is -0.244 e. The maximum Gasteiger partial charge on any atom is 0.143 e. The van der Waals surface area contributed by atoms with Crippen molar-refractivity contribution in [2.45, 2.75) is 19.8 Å². The predicted octanol–water partition coefficient (Wildman–Crippen LogP) is 5.24. The fourth-order valence-electron chi connectivity index (χ4n) is 1.90. The quantitative estimate of drug-likeness (QED) is 0.640. The molecular weight excluding hydrogens is 320 g/mol. The van der Waals surface area contributed by atoms with Crippen molar-refractivity contribution in [2.75, 3.05) is 0 Å². The molecule has 0 bridgehead atoms. The average molecular weight is 333 g/mol. The zero-order valence-electron chi connectivity index (χ0n) is 10.7. The molecule has 0 N–H and O–H groups in total. The summed E-state index contributed by atoms with van der Waals surface area (Å²) >= 11 is 5.25. The molecule has 0 spiro atoms. The summed E-state index contributed by atoms with van der Waals surface area (Å²) < 4.78 is 0.996. The van der Waals surface area contributed by atoms with Gasteiger partial charge in [-0.2, -0.15) is 0 Å². The second-order valence-corrected chi connectivity index (χ2v) is 6.46. The maximum atomic E-state index is 4.72. The number of pyridine rings is 1. The molecule has 19 heavy (non-hydrogen) atoms. The van der Waals surface area contributed by atoms with Crippen LogP contribution in [0.15, 0.2) is 40.2 Å². The molecule has 4 heteroatoms. The van der Waals surface area contributed by atoms with E-state index in [9.17, 15) is 0 Å². The Morgan fingerprint density at radius 1 is 1.16 bits per heavy atom. The van der Waals surface area contributed by atoms with E-state index in [-0.39, 0.29) is 0 Å². The number of hydrogen-bond acceptors (Lipinski definition) is 3. The molecule has 0 radical (unpaired) electrons. The van der Waals surface area contributed by atoms with Crippen LogP contribution in [-0.4, -0.2) is 9.97 Å². The third-order valence-corrected chi connectivity index (χ3v) is 4.47. The van der Waals surface area contributed by atoms with E-state index in [1.807, 2.05) is 18.2 Å². The third kappa shape index (κ3) is 2.42. The van der Waals surface area contributed by atoms with E-state index in [0.717, 1.165) is 31.8 Å². The van der Waals surface area contributed by atoms with Crippen LogP contribution in [-0.2, 0) is 0 Å². The number of halogens is 1. The van der Waals surface area contributed by atoms with E-state index in [2.05, 4.69) is 52.3 Å². The number of hydrogen-bond donors (Lipinski definition) is 0. The van der Waals surface area contributed by atoms with Gasteiger partial charge in [-0.15, -0.1) is 11.3 Å². The van der Waals surface area contributed by atoms with Crippen molar-refractivity contribution in [2.24, 2.45) is 0 Å². The highest BCUT2D eigenvalue weighted by molar-refractivity contribution is 9.10. The SMILES string of the molecule is CC(C)c1csc(-c2nc3ccccc3cc2Br)n1. The van der Waals surface area contributed by atoms with Crippen molar-refractivity contribution in [3.05, 3.63) is 45.9 Å². The van der Waals surface area contributed by atoms with Crippen LogP contribution >= 0.6 is 27.3 Å². The van der Waals surface area contributed by atoms with Gasteiger partial charge in [0.15, 0.2) is 0 Å². The van der Waals surface area contributed by atoms with Gasteiger partial charge >= 0.3 is 0 Å². The second kappa shape index (κ2) is 5.02. The van der Waals surface area contributed by atoms with E-state index in [0.29, 0.717) is 5.92 Å². The number of fused-ring (bicyclic) bond motifs is 1. The van der Waals surface area contributed by atoms with Crippen LogP contribution in [0.1, 0.15) is 25.5 Å². The highest BCUT2D eigenvalue weighted by atomic mass is 79.9. The Bertz CT molecular complexity index is 734. The molecule has 0 fully saturated rings. The molecule has 0 saturated heterocycles. The van der Waals surface area contributed by atoms with Gasteiger partial charge < -0.3 is 0 Å². The van der Waals surface area contributed by atoms with E-state index < -0.39 is 0 Å². The largest absolute Gasteiger partial charge is 0.244 e. The van der Waals surface area contributed by atoms with Crippen molar-refractivity contribution in [1.29, 1.82) is 0 Å². The summed E-state index contributed by atoms with van der Waals surface area (Å²) in [7, 11) is 0. The standard InChI is InChI=1S/C15H13BrN2S/c1-9(2)13-8-19-15(18-13)14-11(16)7-10-5-3-4-6-12(10)17-14/h3-9H,1-2H3. The fraction of sp³-hybridized carbons (Fsp3) is 0.200. The van der Waals surface area contributed by atoms with Gasteiger partial charge in [0.25, 0.3) is 0 Å². The van der Waals surface area contributed by atoms with Gasteiger partial charge in [0, 0.05) is 15.2 Å². The van der Waals surface area contributed by atoms with Crippen LogP contribution in [0.4, 0.5) is 0 Å². The molecule has 0 saturated carbocycles. The normalized spacial score (nSPS) is 11.4. The Morgan fingerprint density at radius 2 is 1.95 bits per heavy atom. The molecule has 3 rings (SSSR count). The summed E-state index contributed by atoms with van der Waals surface area (Å²) in [6.45, 7) is 4.31. The van der Waals surface area contributed by atoms with Gasteiger partial charge in [-0.25, -0.2) is 9.97 Å². The number of benzene rings is 1. The lowest BCUT2D eigenvalue weighted by Crippen LogP contribution is -1.90. The van der Waals surface area contributed by atoms with Crippen LogP contribution in [0.25, 0.3) is 21.6 Å². The van der Waals surface area contributed by atoms with Crippen molar-refractivity contribution in [1.82, 2.24) is 9.97 Å². The number of thiazole rings is 1. The molecule has 0 unspecified atom stereocenters. The number of nitrogens with zero attached hydrogens (tertiary/aromatic N) is 2. The molecule has 0 aliphatic carbocycles. The van der Waals surface area contributed by atoms with E-state index in [1.165, 1.54) is 0 Å². The Morgan fingerprint density at radius 3 is 2.68 bits per heavy atom. The monoisotopic (exact) mass is 332 g/mol. The second-order valence-electron chi connectivity index (χ2n) is 4.74. The van der Waals surface area contributed by atoms with Gasteiger partial charge in [-0.05, 0) is 34.0 Å². The fourth-order valence-corrected chi connectivity index (χ4v) is 3.54. The zero-order valence-corrected chi connectivity index (χ0v) is 13.1. The van der Waals surface area contributed by atoms with Crippen LogP contribution in [0.2, 0.25) is 0 Å². The summed E-state index contributed by atoms with van der Waals surface area (Å²) in [6.07, 6.45) is 0.